The lowest BCUT2D eigenvalue weighted by atomic mass is 10.0. The molecule has 0 aromatic heterocycles. The molecule has 8 heteroatoms. The van der Waals surface area contributed by atoms with Gasteiger partial charge < -0.3 is 9.47 Å². The van der Waals surface area contributed by atoms with Gasteiger partial charge in [0.2, 0.25) is 0 Å². The molecule has 0 spiro atoms. The van der Waals surface area contributed by atoms with Crippen LogP contribution in [0.15, 0.2) is 5.11 Å². The molecule has 1 atom stereocenters. The summed E-state index contributed by atoms with van der Waals surface area (Å²) in [6, 6.07) is -0.282. The summed E-state index contributed by atoms with van der Waals surface area (Å²) >= 11 is 0. The molecule has 0 rings (SSSR count). The first-order valence-corrected chi connectivity index (χ1v) is 23.1. The van der Waals surface area contributed by atoms with Crippen LogP contribution in [0.4, 0.5) is 0 Å². The zero-order valence-corrected chi connectivity index (χ0v) is 35.7. The lowest BCUT2D eigenvalue weighted by Crippen LogP contribution is -2.44. The van der Waals surface area contributed by atoms with Crippen LogP contribution in [0, 0.1) is 0 Å². The van der Waals surface area contributed by atoms with E-state index in [4.69, 9.17) is 15.0 Å². The molecule has 0 fully saturated rings. The molecule has 53 heavy (non-hydrogen) atoms. The average Bonchev–Trinajstić information content (AvgIpc) is 3.15. The first-order chi connectivity index (χ1) is 26.0. The highest BCUT2D eigenvalue weighted by Crippen LogP contribution is 2.21. The van der Waals surface area contributed by atoms with Crippen LogP contribution in [0.25, 0.3) is 10.4 Å². The van der Waals surface area contributed by atoms with E-state index in [-0.39, 0.29) is 24.1 Å². The Kier molecular flexibility index (Phi) is 40.0. The van der Waals surface area contributed by atoms with Crippen molar-refractivity contribution in [3.8, 4) is 0 Å². The normalized spacial score (nSPS) is 12.0. The summed E-state index contributed by atoms with van der Waals surface area (Å²) in [5, 5.41) is 3.78. The van der Waals surface area contributed by atoms with E-state index >= 15 is 0 Å². The molecule has 8 nitrogen and oxygen atoms in total. The zero-order chi connectivity index (χ0) is 38.9. The molecule has 312 valence electrons. The maximum absolute atomic E-state index is 14.1. The number of rotatable bonds is 42. The first kappa shape index (κ1) is 51.2. The molecule has 0 saturated heterocycles. The highest BCUT2D eigenvalue weighted by molar-refractivity contribution is 5.76. The number of hydrogen-bond acceptors (Lipinski definition) is 6. The molecule has 0 aliphatic rings. The van der Waals surface area contributed by atoms with E-state index in [1.807, 2.05) is 0 Å². The van der Waals surface area contributed by atoms with Crippen LogP contribution in [0.2, 0.25) is 0 Å². The summed E-state index contributed by atoms with van der Waals surface area (Å²) in [5.41, 5.74) is 8.87. The van der Waals surface area contributed by atoms with Gasteiger partial charge in [-0.15, -0.1) is 0 Å². The van der Waals surface area contributed by atoms with Crippen molar-refractivity contribution in [3.05, 3.63) is 10.4 Å². The van der Waals surface area contributed by atoms with Crippen LogP contribution in [0.1, 0.15) is 240 Å². The molecule has 0 saturated carbocycles. The molecule has 0 N–H and O–H groups in total. The lowest BCUT2D eigenvalue weighted by molar-refractivity contribution is -0.157. The van der Waals surface area contributed by atoms with Crippen molar-refractivity contribution in [2.45, 2.75) is 252 Å². The number of unbranched alkanes of at least 4 members (excludes halogenated alkanes) is 23. The number of carbonyl (C=O) groups excluding carboxylic acids is 2. The van der Waals surface area contributed by atoms with Crippen molar-refractivity contribution < 1.29 is 19.1 Å². The fourth-order valence-corrected chi connectivity index (χ4v) is 7.27. The van der Waals surface area contributed by atoms with E-state index in [9.17, 15) is 9.59 Å². The highest BCUT2D eigenvalue weighted by atomic mass is 16.5. The maximum atomic E-state index is 14.1. The Morgan fingerprint density at radius 2 is 0.981 bits per heavy atom. The maximum Gasteiger partial charge on any atom is 0.323 e. The van der Waals surface area contributed by atoms with Crippen LogP contribution in [-0.2, 0) is 19.1 Å². The van der Waals surface area contributed by atoms with Crippen molar-refractivity contribution in [2.75, 3.05) is 26.2 Å². The number of ether oxygens (including phenoxy) is 2. The number of azide groups is 1. The Hall–Kier alpha value is -1.79. The minimum Gasteiger partial charge on any atom is -0.466 e. The van der Waals surface area contributed by atoms with E-state index in [0.29, 0.717) is 32.5 Å². The van der Waals surface area contributed by atoms with Gasteiger partial charge in [-0.3, -0.25) is 14.5 Å². The van der Waals surface area contributed by atoms with Gasteiger partial charge in [0.1, 0.15) is 12.1 Å². The monoisotopic (exact) mass is 749 g/mol. The van der Waals surface area contributed by atoms with Gasteiger partial charge in [0, 0.05) is 17.9 Å². The third-order valence-electron chi connectivity index (χ3n) is 10.7. The Labute approximate surface area is 328 Å². The molecule has 0 aliphatic heterocycles. The van der Waals surface area contributed by atoms with Crippen molar-refractivity contribution in [1.82, 2.24) is 4.90 Å². The SMILES string of the molecule is CCCCCCCCCCCOC(=O)CCCCCN(CCCN=[N+]=[N-])C(CCCCCC)C(=O)OC(CCCCCCCC)CCCCCCCC. The Morgan fingerprint density at radius 1 is 0.547 bits per heavy atom. The Bertz CT molecular complexity index is 834. The Morgan fingerprint density at radius 3 is 1.51 bits per heavy atom. The molecular formula is C45H88N4O4. The van der Waals surface area contributed by atoms with Crippen LogP contribution in [0.5, 0.6) is 0 Å². The summed E-state index contributed by atoms with van der Waals surface area (Å²) in [7, 11) is 0. The second-order valence-corrected chi connectivity index (χ2v) is 15.7. The molecule has 0 heterocycles. The minimum absolute atomic E-state index is 0.00964. The lowest BCUT2D eigenvalue weighted by Gasteiger charge is -2.32. The van der Waals surface area contributed by atoms with Crippen LogP contribution >= 0.6 is 0 Å². The van der Waals surface area contributed by atoms with Gasteiger partial charge in [-0.2, -0.15) is 0 Å². The van der Waals surface area contributed by atoms with Gasteiger partial charge in [0.15, 0.2) is 0 Å². The first-order valence-electron chi connectivity index (χ1n) is 23.1. The van der Waals surface area contributed by atoms with Gasteiger partial charge in [0.25, 0.3) is 0 Å². The number of esters is 2. The van der Waals surface area contributed by atoms with Gasteiger partial charge in [0.05, 0.1) is 6.61 Å². The van der Waals surface area contributed by atoms with E-state index < -0.39 is 0 Å². The van der Waals surface area contributed by atoms with Gasteiger partial charge in [-0.1, -0.05) is 180 Å². The molecule has 1 unspecified atom stereocenters. The molecule has 0 amide bonds. The van der Waals surface area contributed by atoms with E-state index in [2.05, 4.69) is 42.6 Å². The van der Waals surface area contributed by atoms with Crippen molar-refractivity contribution in [3.63, 3.8) is 0 Å². The topological polar surface area (TPSA) is 105 Å². The van der Waals surface area contributed by atoms with E-state index in [1.54, 1.807) is 0 Å². The molecular weight excluding hydrogens is 661 g/mol. The second-order valence-electron chi connectivity index (χ2n) is 15.7. The second kappa shape index (κ2) is 41.4. The van der Waals surface area contributed by atoms with Crippen molar-refractivity contribution in [1.29, 1.82) is 0 Å². The van der Waals surface area contributed by atoms with E-state index in [1.165, 1.54) is 116 Å². The summed E-state index contributed by atoms with van der Waals surface area (Å²) < 4.78 is 12.0. The van der Waals surface area contributed by atoms with Crippen LogP contribution in [-0.4, -0.2) is 55.2 Å². The fraction of sp³-hybridized carbons (Fsp3) is 0.956. The number of hydrogen-bond donors (Lipinski definition) is 0. The highest BCUT2D eigenvalue weighted by Gasteiger charge is 2.28. The summed E-state index contributed by atoms with van der Waals surface area (Å²) in [6.45, 7) is 11.4. The Balaban J connectivity index is 5.16. The van der Waals surface area contributed by atoms with Crippen LogP contribution in [0.3, 0.4) is 0 Å². The van der Waals surface area contributed by atoms with Gasteiger partial charge in [-0.05, 0) is 76.4 Å². The summed E-state index contributed by atoms with van der Waals surface area (Å²) in [4.78, 5) is 31.8. The largest absolute Gasteiger partial charge is 0.466 e. The summed E-state index contributed by atoms with van der Waals surface area (Å²) in [5.74, 6) is -0.151. The van der Waals surface area contributed by atoms with Crippen LogP contribution < -0.4 is 0 Å². The number of nitrogens with zero attached hydrogens (tertiary/aromatic N) is 4. The third-order valence-corrected chi connectivity index (χ3v) is 10.7. The smallest absolute Gasteiger partial charge is 0.323 e. The quantitative estimate of drug-likeness (QED) is 0.0203. The summed E-state index contributed by atoms with van der Waals surface area (Å²) in [6.07, 6.45) is 37.1. The third kappa shape index (κ3) is 34.4. The molecule has 0 aliphatic carbocycles. The standard InChI is InChI=1S/C45H88N4O4/c1-5-9-13-17-20-21-22-25-32-41-52-44(50)37-30-26-31-39-49(40-33-38-47-48-46)43(36-29-16-12-8-4)45(51)53-42(34-27-23-18-14-10-6-2)35-28-24-19-15-11-7-3/h42-43H,5-41H2,1-4H3. The molecule has 0 aromatic carbocycles. The van der Waals surface area contributed by atoms with Gasteiger partial charge in [-0.25, -0.2) is 0 Å². The van der Waals surface area contributed by atoms with Crippen molar-refractivity contribution >= 4 is 11.9 Å². The fourth-order valence-electron chi connectivity index (χ4n) is 7.27. The average molecular weight is 749 g/mol. The zero-order valence-electron chi connectivity index (χ0n) is 35.7. The molecule has 0 aromatic rings. The van der Waals surface area contributed by atoms with E-state index in [0.717, 1.165) is 90.0 Å². The predicted octanol–water partition coefficient (Wildman–Crippen LogP) is 14.4. The number of carbonyl (C=O) groups is 2. The molecule has 0 bridgehead atoms. The molecule has 0 radical (unpaired) electrons. The van der Waals surface area contributed by atoms with Crippen molar-refractivity contribution in [2.24, 2.45) is 5.11 Å². The minimum atomic E-state index is -0.282. The van der Waals surface area contributed by atoms with Gasteiger partial charge >= 0.3 is 11.9 Å². The predicted molar refractivity (Wildman–Crippen MR) is 225 cm³/mol.